The number of rotatable bonds is 7. The lowest BCUT2D eigenvalue weighted by Crippen LogP contribution is -2.08. The maximum Gasteiger partial charge on any atom is 0.114 e. The second kappa shape index (κ2) is 7.17. The van der Waals surface area contributed by atoms with Crippen molar-refractivity contribution in [1.82, 2.24) is 0 Å². The molecular weight excluding hydrogens is 152 g/mol. The van der Waals surface area contributed by atoms with Gasteiger partial charge in [-0.25, -0.2) is 0 Å². The van der Waals surface area contributed by atoms with E-state index in [1.54, 1.807) is 0 Å². The second-order valence-electron chi connectivity index (χ2n) is 3.21. The quantitative estimate of drug-likeness (QED) is 0.458. The molecule has 0 saturated carbocycles. The van der Waals surface area contributed by atoms with Crippen molar-refractivity contribution in [2.75, 3.05) is 0 Å². The predicted molar refractivity (Wildman–Crippen MR) is 51.2 cm³/mol. The van der Waals surface area contributed by atoms with Crippen LogP contribution in [0.1, 0.15) is 45.4 Å². The third kappa shape index (κ3) is 6.23. The van der Waals surface area contributed by atoms with Gasteiger partial charge in [-0.15, -0.1) is 0 Å². The third-order valence-corrected chi connectivity index (χ3v) is 1.97. The Hall–Kier alpha value is -0.500. The highest BCUT2D eigenvalue weighted by atomic mass is 16.3. The minimum absolute atomic E-state index is 0.106. The van der Waals surface area contributed by atoms with E-state index in [4.69, 9.17) is 10.2 Å². The Kier molecular flexibility index (Phi) is 6.87. The molecule has 2 heteroatoms. The van der Waals surface area contributed by atoms with Crippen molar-refractivity contribution in [2.24, 2.45) is 0 Å². The Morgan fingerprint density at radius 2 is 1.83 bits per heavy atom. The van der Waals surface area contributed by atoms with Gasteiger partial charge in [0, 0.05) is 0 Å². The highest BCUT2D eigenvalue weighted by Crippen LogP contribution is 2.09. The number of aliphatic hydroxyl groups excluding tert-OH is 2. The maximum absolute atomic E-state index is 9.13. The molecule has 0 fully saturated rings. The first-order chi connectivity index (χ1) is 5.68. The molecule has 2 nitrogen and oxygen atoms in total. The Morgan fingerprint density at radius 3 is 2.33 bits per heavy atom. The van der Waals surface area contributed by atoms with Crippen LogP contribution in [-0.2, 0) is 0 Å². The summed E-state index contributed by atoms with van der Waals surface area (Å²) in [6.07, 6.45) is 5.75. The fourth-order valence-electron chi connectivity index (χ4n) is 1.11. The van der Waals surface area contributed by atoms with E-state index < -0.39 is 6.10 Å². The van der Waals surface area contributed by atoms with Crippen LogP contribution < -0.4 is 0 Å². The molecule has 12 heavy (non-hydrogen) atoms. The second-order valence-corrected chi connectivity index (χ2v) is 3.21. The SMILES string of the molecule is C=C(O)C(O)CCCCCCC. The minimum Gasteiger partial charge on any atom is -0.510 e. The van der Waals surface area contributed by atoms with E-state index in [1.807, 2.05) is 0 Å². The lowest BCUT2D eigenvalue weighted by molar-refractivity contribution is 0.142. The third-order valence-electron chi connectivity index (χ3n) is 1.97. The summed E-state index contributed by atoms with van der Waals surface area (Å²) in [7, 11) is 0. The van der Waals surface area contributed by atoms with Gasteiger partial charge in [0.15, 0.2) is 0 Å². The van der Waals surface area contributed by atoms with Gasteiger partial charge in [-0.3, -0.25) is 0 Å². The van der Waals surface area contributed by atoms with Crippen LogP contribution in [0.3, 0.4) is 0 Å². The summed E-state index contributed by atoms with van der Waals surface area (Å²) in [6.45, 7) is 5.45. The average molecular weight is 172 g/mol. The zero-order valence-corrected chi connectivity index (χ0v) is 7.92. The van der Waals surface area contributed by atoms with Crippen LogP contribution in [0.5, 0.6) is 0 Å². The van der Waals surface area contributed by atoms with E-state index in [0.717, 1.165) is 12.8 Å². The lowest BCUT2D eigenvalue weighted by Gasteiger charge is -2.07. The molecule has 1 atom stereocenters. The first-order valence-electron chi connectivity index (χ1n) is 4.74. The van der Waals surface area contributed by atoms with Gasteiger partial charge < -0.3 is 10.2 Å². The van der Waals surface area contributed by atoms with Gasteiger partial charge in [0.25, 0.3) is 0 Å². The summed E-state index contributed by atoms with van der Waals surface area (Å²) in [4.78, 5) is 0. The summed E-state index contributed by atoms with van der Waals surface area (Å²) in [5.41, 5.74) is 0. The van der Waals surface area contributed by atoms with E-state index in [9.17, 15) is 0 Å². The molecule has 0 aromatic rings. The summed E-state index contributed by atoms with van der Waals surface area (Å²) in [5, 5.41) is 17.9. The fraction of sp³-hybridized carbons (Fsp3) is 0.800. The highest BCUT2D eigenvalue weighted by molar-refractivity contribution is 4.87. The van der Waals surface area contributed by atoms with E-state index in [0.29, 0.717) is 6.42 Å². The molecule has 0 aliphatic carbocycles. The molecule has 72 valence electrons. The summed E-state index contributed by atoms with van der Waals surface area (Å²) >= 11 is 0. The smallest absolute Gasteiger partial charge is 0.114 e. The van der Waals surface area contributed by atoms with Crippen LogP contribution in [0.2, 0.25) is 0 Å². The molecule has 0 aliphatic rings. The minimum atomic E-state index is -0.716. The van der Waals surface area contributed by atoms with Crippen molar-refractivity contribution >= 4 is 0 Å². The summed E-state index contributed by atoms with van der Waals surface area (Å²) < 4.78 is 0. The molecule has 0 aromatic heterocycles. The Balaban J connectivity index is 3.14. The molecule has 0 aromatic carbocycles. The van der Waals surface area contributed by atoms with Gasteiger partial charge in [0.2, 0.25) is 0 Å². The largest absolute Gasteiger partial charge is 0.510 e. The zero-order chi connectivity index (χ0) is 9.40. The van der Waals surface area contributed by atoms with E-state index in [-0.39, 0.29) is 5.76 Å². The topological polar surface area (TPSA) is 40.5 Å². The molecule has 0 bridgehead atoms. The van der Waals surface area contributed by atoms with E-state index in [1.165, 1.54) is 19.3 Å². The maximum atomic E-state index is 9.13. The molecule has 0 rings (SSSR count). The van der Waals surface area contributed by atoms with Crippen molar-refractivity contribution in [3.8, 4) is 0 Å². The summed E-state index contributed by atoms with van der Waals surface area (Å²) in [5.74, 6) is -0.106. The van der Waals surface area contributed by atoms with Crippen molar-refractivity contribution in [3.05, 3.63) is 12.3 Å². The van der Waals surface area contributed by atoms with Crippen LogP contribution in [0.25, 0.3) is 0 Å². The van der Waals surface area contributed by atoms with Gasteiger partial charge >= 0.3 is 0 Å². The molecule has 0 spiro atoms. The molecule has 1 unspecified atom stereocenters. The molecule has 2 N–H and O–H groups in total. The Morgan fingerprint density at radius 1 is 1.25 bits per heavy atom. The lowest BCUT2D eigenvalue weighted by atomic mass is 10.1. The van der Waals surface area contributed by atoms with Gasteiger partial charge in [-0.1, -0.05) is 45.6 Å². The molecule has 0 aliphatic heterocycles. The molecular formula is C10H20O2. The standard InChI is InChI=1S/C10H20O2/c1-3-4-5-6-7-8-10(12)9(2)11/h10-12H,2-8H2,1H3. The molecule has 0 saturated heterocycles. The van der Waals surface area contributed by atoms with Crippen molar-refractivity contribution < 1.29 is 10.2 Å². The number of hydrogen-bond donors (Lipinski definition) is 2. The fourth-order valence-corrected chi connectivity index (χ4v) is 1.11. The van der Waals surface area contributed by atoms with E-state index >= 15 is 0 Å². The predicted octanol–water partition coefficient (Wildman–Crippen LogP) is 2.78. The number of hydrogen-bond acceptors (Lipinski definition) is 2. The first-order valence-corrected chi connectivity index (χ1v) is 4.74. The molecule has 0 heterocycles. The van der Waals surface area contributed by atoms with Crippen LogP contribution in [0.15, 0.2) is 12.3 Å². The van der Waals surface area contributed by atoms with Crippen LogP contribution in [-0.4, -0.2) is 16.3 Å². The van der Waals surface area contributed by atoms with Crippen molar-refractivity contribution in [1.29, 1.82) is 0 Å². The molecule has 0 radical (unpaired) electrons. The van der Waals surface area contributed by atoms with Crippen LogP contribution >= 0.6 is 0 Å². The Labute approximate surface area is 74.9 Å². The van der Waals surface area contributed by atoms with E-state index in [2.05, 4.69) is 13.5 Å². The van der Waals surface area contributed by atoms with Crippen molar-refractivity contribution in [2.45, 2.75) is 51.6 Å². The van der Waals surface area contributed by atoms with Crippen LogP contribution in [0.4, 0.5) is 0 Å². The average Bonchev–Trinajstić information content (AvgIpc) is 2.03. The number of unbranched alkanes of at least 4 members (excludes halogenated alkanes) is 4. The van der Waals surface area contributed by atoms with Crippen LogP contribution in [0, 0.1) is 0 Å². The summed E-state index contributed by atoms with van der Waals surface area (Å²) in [6, 6.07) is 0. The first kappa shape index (κ1) is 11.5. The van der Waals surface area contributed by atoms with Crippen molar-refractivity contribution in [3.63, 3.8) is 0 Å². The van der Waals surface area contributed by atoms with Gasteiger partial charge in [-0.2, -0.15) is 0 Å². The Bertz CT molecular complexity index is 121. The zero-order valence-electron chi connectivity index (χ0n) is 7.92. The molecule has 0 amide bonds. The van der Waals surface area contributed by atoms with Gasteiger partial charge in [0.1, 0.15) is 11.9 Å². The number of aliphatic hydroxyl groups is 2. The normalized spacial score (nSPS) is 12.8. The highest BCUT2D eigenvalue weighted by Gasteiger charge is 2.05. The monoisotopic (exact) mass is 172 g/mol. The van der Waals surface area contributed by atoms with Gasteiger partial charge in [-0.05, 0) is 6.42 Å². The van der Waals surface area contributed by atoms with Gasteiger partial charge in [0.05, 0.1) is 0 Å².